The molecule has 0 aromatic carbocycles. The standard InChI is InChI=1S/C9H16N4O/c1-7(2)13-8(11-6-12-13)9(14)3-4-10-5-9/h6-7,10,14H,3-5H2,1-2H3. The van der Waals surface area contributed by atoms with Crippen LogP contribution in [0.2, 0.25) is 0 Å². The van der Waals surface area contributed by atoms with E-state index in [0.29, 0.717) is 18.8 Å². The van der Waals surface area contributed by atoms with Crippen molar-refractivity contribution in [3.8, 4) is 0 Å². The number of hydrogen-bond donors (Lipinski definition) is 2. The highest BCUT2D eigenvalue weighted by Crippen LogP contribution is 2.26. The average molecular weight is 196 g/mol. The lowest BCUT2D eigenvalue weighted by molar-refractivity contribution is 0.0430. The van der Waals surface area contributed by atoms with Crippen LogP contribution in [0, 0.1) is 0 Å². The molecule has 1 atom stereocenters. The van der Waals surface area contributed by atoms with Gasteiger partial charge in [0, 0.05) is 12.6 Å². The van der Waals surface area contributed by atoms with E-state index in [4.69, 9.17) is 0 Å². The van der Waals surface area contributed by atoms with Gasteiger partial charge in [-0.1, -0.05) is 0 Å². The fourth-order valence-corrected chi connectivity index (χ4v) is 1.83. The summed E-state index contributed by atoms with van der Waals surface area (Å²) in [6, 6.07) is 0.233. The Morgan fingerprint density at radius 2 is 2.43 bits per heavy atom. The van der Waals surface area contributed by atoms with Crippen molar-refractivity contribution < 1.29 is 5.11 Å². The molecular formula is C9H16N4O. The van der Waals surface area contributed by atoms with Gasteiger partial charge in [0.2, 0.25) is 0 Å². The minimum absolute atomic E-state index is 0.233. The van der Waals surface area contributed by atoms with E-state index in [1.54, 1.807) is 4.68 Å². The van der Waals surface area contributed by atoms with Crippen LogP contribution in [-0.2, 0) is 5.60 Å². The molecule has 1 saturated heterocycles. The lowest BCUT2D eigenvalue weighted by Gasteiger charge is -2.22. The van der Waals surface area contributed by atoms with E-state index in [1.807, 2.05) is 13.8 Å². The van der Waals surface area contributed by atoms with Gasteiger partial charge in [0.05, 0.1) is 0 Å². The van der Waals surface area contributed by atoms with Gasteiger partial charge in [-0.15, -0.1) is 0 Å². The van der Waals surface area contributed by atoms with Crippen molar-refractivity contribution in [2.75, 3.05) is 13.1 Å². The first-order valence-electron chi connectivity index (χ1n) is 4.96. The van der Waals surface area contributed by atoms with Crippen LogP contribution in [0.1, 0.15) is 32.1 Å². The van der Waals surface area contributed by atoms with Gasteiger partial charge in [-0.2, -0.15) is 5.10 Å². The Balaban J connectivity index is 2.35. The molecule has 0 saturated carbocycles. The molecule has 0 radical (unpaired) electrons. The number of aliphatic hydroxyl groups is 1. The fourth-order valence-electron chi connectivity index (χ4n) is 1.83. The first-order valence-corrected chi connectivity index (χ1v) is 4.96. The molecule has 1 fully saturated rings. The number of rotatable bonds is 2. The summed E-state index contributed by atoms with van der Waals surface area (Å²) in [6.07, 6.45) is 2.21. The Kier molecular flexibility index (Phi) is 2.28. The first-order chi connectivity index (χ1) is 6.63. The summed E-state index contributed by atoms with van der Waals surface area (Å²) < 4.78 is 1.78. The van der Waals surface area contributed by atoms with Gasteiger partial charge >= 0.3 is 0 Å². The summed E-state index contributed by atoms with van der Waals surface area (Å²) in [6.45, 7) is 5.47. The Bertz CT molecular complexity index is 314. The number of aromatic nitrogens is 3. The highest BCUT2D eigenvalue weighted by molar-refractivity contribution is 5.06. The summed E-state index contributed by atoms with van der Waals surface area (Å²) in [4.78, 5) is 4.15. The third kappa shape index (κ3) is 1.42. The third-order valence-electron chi connectivity index (χ3n) is 2.61. The maximum atomic E-state index is 10.3. The van der Waals surface area contributed by atoms with E-state index >= 15 is 0 Å². The number of nitrogens with one attached hydrogen (secondary N) is 1. The Morgan fingerprint density at radius 1 is 1.64 bits per heavy atom. The van der Waals surface area contributed by atoms with Gasteiger partial charge < -0.3 is 10.4 Å². The molecule has 1 aliphatic rings. The summed E-state index contributed by atoms with van der Waals surface area (Å²) in [7, 11) is 0. The summed E-state index contributed by atoms with van der Waals surface area (Å²) >= 11 is 0. The van der Waals surface area contributed by atoms with Crippen LogP contribution in [0.15, 0.2) is 6.33 Å². The van der Waals surface area contributed by atoms with Crippen molar-refractivity contribution in [1.29, 1.82) is 0 Å². The predicted molar refractivity (Wildman–Crippen MR) is 51.8 cm³/mol. The van der Waals surface area contributed by atoms with Crippen molar-refractivity contribution in [2.45, 2.75) is 31.9 Å². The maximum absolute atomic E-state index is 10.3. The van der Waals surface area contributed by atoms with Crippen LogP contribution >= 0.6 is 0 Å². The van der Waals surface area contributed by atoms with E-state index in [1.165, 1.54) is 6.33 Å². The largest absolute Gasteiger partial charge is 0.380 e. The number of hydrogen-bond acceptors (Lipinski definition) is 4. The quantitative estimate of drug-likeness (QED) is 0.701. The summed E-state index contributed by atoms with van der Waals surface area (Å²) in [5.74, 6) is 0.678. The minimum atomic E-state index is -0.833. The van der Waals surface area contributed by atoms with Crippen LogP contribution in [-0.4, -0.2) is 33.0 Å². The highest BCUT2D eigenvalue weighted by atomic mass is 16.3. The van der Waals surface area contributed by atoms with Crippen LogP contribution in [0.3, 0.4) is 0 Å². The molecule has 1 aromatic heterocycles. The molecule has 2 heterocycles. The monoisotopic (exact) mass is 196 g/mol. The molecule has 0 spiro atoms. The molecule has 78 valence electrons. The minimum Gasteiger partial charge on any atom is -0.380 e. The summed E-state index contributed by atoms with van der Waals surface area (Å²) in [5.41, 5.74) is -0.833. The SMILES string of the molecule is CC(C)n1ncnc1C1(O)CCNC1. The van der Waals surface area contributed by atoms with E-state index in [2.05, 4.69) is 15.4 Å². The van der Waals surface area contributed by atoms with Crippen LogP contribution < -0.4 is 5.32 Å². The molecule has 14 heavy (non-hydrogen) atoms. The van der Waals surface area contributed by atoms with Crippen molar-refractivity contribution in [3.05, 3.63) is 12.2 Å². The fraction of sp³-hybridized carbons (Fsp3) is 0.778. The summed E-state index contributed by atoms with van der Waals surface area (Å²) in [5, 5.41) is 17.6. The van der Waals surface area contributed by atoms with Crippen LogP contribution in [0.25, 0.3) is 0 Å². The van der Waals surface area contributed by atoms with E-state index in [-0.39, 0.29) is 6.04 Å². The third-order valence-corrected chi connectivity index (χ3v) is 2.61. The van der Waals surface area contributed by atoms with E-state index < -0.39 is 5.60 Å². The first kappa shape index (κ1) is 9.61. The Hall–Kier alpha value is -0.940. The van der Waals surface area contributed by atoms with Crippen LogP contribution in [0.4, 0.5) is 0 Å². The van der Waals surface area contributed by atoms with Crippen molar-refractivity contribution in [2.24, 2.45) is 0 Å². The van der Waals surface area contributed by atoms with Crippen molar-refractivity contribution in [1.82, 2.24) is 20.1 Å². The molecule has 0 amide bonds. The molecule has 1 unspecified atom stereocenters. The molecule has 0 aliphatic carbocycles. The molecule has 1 aromatic rings. The predicted octanol–water partition coefficient (Wildman–Crippen LogP) is 0.0399. The van der Waals surface area contributed by atoms with Gasteiger partial charge in [0.25, 0.3) is 0 Å². The zero-order valence-corrected chi connectivity index (χ0v) is 8.56. The second kappa shape index (κ2) is 3.33. The van der Waals surface area contributed by atoms with Crippen molar-refractivity contribution >= 4 is 0 Å². The molecule has 0 bridgehead atoms. The van der Waals surface area contributed by atoms with Gasteiger partial charge in [0.1, 0.15) is 11.9 Å². The molecule has 5 nitrogen and oxygen atoms in total. The zero-order chi connectivity index (χ0) is 10.2. The highest BCUT2D eigenvalue weighted by Gasteiger charge is 2.37. The topological polar surface area (TPSA) is 63.0 Å². The second-order valence-corrected chi connectivity index (χ2v) is 4.08. The molecule has 2 rings (SSSR count). The lowest BCUT2D eigenvalue weighted by Crippen LogP contribution is -2.32. The van der Waals surface area contributed by atoms with E-state index in [9.17, 15) is 5.11 Å². The average Bonchev–Trinajstić information content (AvgIpc) is 2.71. The van der Waals surface area contributed by atoms with Gasteiger partial charge in [-0.05, 0) is 26.8 Å². The Morgan fingerprint density at radius 3 is 3.00 bits per heavy atom. The van der Waals surface area contributed by atoms with Crippen molar-refractivity contribution in [3.63, 3.8) is 0 Å². The molecule has 1 aliphatic heterocycles. The molecule has 5 heteroatoms. The number of nitrogens with zero attached hydrogens (tertiary/aromatic N) is 3. The van der Waals surface area contributed by atoms with Gasteiger partial charge in [-0.25, -0.2) is 9.67 Å². The van der Waals surface area contributed by atoms with Crippen LogP contribution in [0.5, 0.6) is 0 Å². The normalized spacial score (nSPS) is 27.4. The molecule has 2 N–H and O–H groups in total. The Labute approximate surface area is 83.2 Å². The van der Waals surface area contributed by atoms with Gasteiger partial charge in [-0.3, -0.25) is 0 Å². The maximum Gasteiger partial charge on any atom is 0.160 e. The lowest BCUT2D eigenvalue weighted by atomic mass is 10.0. The zero-order valence-electron chi connectivity index (χ0n) is 8.56. The molecular weight excluding hydrogens is 180 g/mol. The van der Waals surface area contributed by atoms with E-state index in [0.717, 1.165) is 6.54 Å². The smallest absolute Gasteiger partial charge is 0.160 e. The van der Waals surface area contributed by atoms with Gasteiger partial charge in [0.15, 0.2) is 5.82 Å². The number of β-amino-alcohol motifs (C(OH)–C–C–N with tert-alkyl or cyclic N) is 1. The second-order valence-electron chi connectivity index (χ2n) is 4.08.